The molecule has 0 saturated heterocycles. The Morgan fingerprint density at radius 2 is 1.76 bits per heavy atom. The molecule has 1 aromatic carbocycles. The molecule has 1 saturated carbocycles. The molecule has 0 N–H and O–H groups in total. The molecular weight excluding hydrogens is 304 g/mol. The molecule has 0 amide bonds. The average Bonchev–Trinajstić information content (AvgIpc) is 2.80. The van der Waals surface area contributed by atoms with Crippen LogP contribution in [0.1, 0.15) is 25.7 Å². The first-order valence-corrected chi connectivity index (χ1v) is 7.93. The van der Waals surface area contributed by atoms with Gasteiger partial charge in [-0.25, -0.2) is 0 Å². The Morgan fingerprint density at radius 1 is 1.18 bits per heavy atom. The third kappa shape index (κ3) is 3.53. The van der Waals surface area contributed by atoms with E-state index >= 15 is 0 Å². The Bertz CT molecular complexity index is 461. The Morgan fingerprint density at radius 3 is 2.35 bits per heavy atom. The van der Waals surface area contributed by atoms with Gasteiger partial charge in [-0.05, 0) is 43.0 Å². The fourth-order valence-electron chi connectivity index (χ4n) is 2.03. The van der Waals surface area contributed by atoms with E-state index < -0.39 is 10.1 Å². The topological polar surface area (TPSA) is 43.4 Å². The van der Waals surface area contributed by atoms with E-state index in [1.807, 2.05) is 0 Å². The SMILES string of the molecule is O=S(=O)(OCC1CCCC1)c1ccc(Br)cc1. The molecule has 2 rings (SSSR count). The van der Waals surface area contributed by atoms with Crippen molar-refractivity contribution in [1.82, 2.24) is 0 Å². The summed E-state index contributed by atoms with van der Waals surface area (Å²) >= 11 is 3.27. The molecule has 1 fully saturated rings. The van der Waals surface area contributed by atoms with Crippen LogP contribution in [0.3, 0.4) is 0 Å². The van der Waals surface area contributed by atoms with Crippen LogP contribution < -0.4 is 0 Å². The van der Waals surface area contributed by atoms with Crippen molar-refractivity contribution in [2.45, 2.75) is 30.6 Å². The summed E-state index contributed by atoms with van der Waals surface area (Å²) in [4.78, 5) is 0.221. The summed E-state index contributed by atoms with van der Waals surface area (Å²) in [6.45, 7) is 0.318. The summed E-state index contributed by atoms with van der Waals surface area (Å²) in [5.41, 5.74) is 0. The van der Waals surface area contributed by atoms with Gasteiger partial charge in [0.05, 0.1) is 11.5 Å². The zero-order chi connectivity index (χ0) is 12.3. The zero-order valence-corrected chi connectivity index (χ0v) is 11.8. The molecule has 0 atom stereocenters. The van der Waals surface area contributed by atoms with Crippen LogP contribution in [-0.4, -0.2) is 15.0 Å². The number of benzene rings is 1. The highest BCUT2D eigenvalue weighted by atomic mass is 79.9. The van der Waals surface area contributed by atoms with Crippen molar-refractivity contribution in [3.8, 4) is 0 Å². The van der Waals surface area contributed by atoms with Gasteiger partial charge in [-0.15, -0.1) is 0 Å². The minimum absolute atomic E-state index is 0.221. The molecule has 1 aliphatic rings. The fraction of sp³-hybridized carbons (Fsp3) is 0.500. The van der Waals surface area contributed by atoms with E-state index in [0.29, 0.717) is 12.5 Å². The van der Waals surface area contributed by atoms with Crippen LogP contribution >= 0.6 is 15.9 Å². The van der Waals surface area contributed by atoms with Crippen molar-refractivity contribution in [2.24, 2.45) is 5.92 Å². The lowest BCUT2D eigenvalue weighted by Gasteiger charge is -2.10. The Labute approximate surface area is 110 Å². The van der Waals surface area contributed by atoms with E-state index in [1.54, 1.807) is 24.3 Å². The monoisotopic (exact) mass is 318 g/mol. The fourth-order valence-corrected chi connectivity index (χ4v) is 3.27. The first-order valence-electron chi connectivity index (χ1n) is 5.73. The number of halogens is 1. The van der Waals surface area contributed by atoms with Crippen molar-refractivity contribution in [3.63, 3.8) is 0 Å². The van der Waals surface area contributed by atoms with Crippen LogP contribution in [0.15, 0.2) is 33.6 Å². The third-order valence-corrected chi connectivity index (χ3v) is 4.86. The molecule has 94 valence electrons. The van der Waals surface area contributed by atoms with Gasteiger partial charge in [0.15, 0.2) is 0 Å². The van der Waals surface area contributed by atoms with Gasteiger partial charge in [-0.2, -0.15) is 8.42 Å². The maximum absolute atomic E-state index is 11.9. The largest absolute Gasteiger partial charge is 0.296 e. The van der Waals surface area contributed by atoms with Crippen LogP contribution in [-0.2, 0) is 14.3 Å². The molecule has 0 unspecified atom stereocenters. The molecule has 3 nitrogen and oxygen atoms in total. The van der Waals surface area contributed by atoms with E-state index in [1.165, 1.54) is 12.8 Å². The molecule has 0 radical (unpaired) electrons. The van der Waals surface area contributed by atoms with Gasteiger partial charge in [0.1, 0.15) is 0 Å². The molecule has 0 heterocycles. The molecule has 1 aromatic rings. The minimum atomic E-state index is -3.59. The highest BCUT2D eigenvalue weighted by Gasteiger charge is 2.20. The number of hydrogen-bond acceptors (Lipinski definition) is 3. The predicted molar refractivity (Wildman–Crippen MR) is 69.2 cm³/mol. The van der Waals surface area contributed by atoms with Crippen molar-refractivity contribution in [1.29, 1.82) is 0 Å². The van der Waals surface area contributed by atoms with Gasteiger partial charge >= 0.3 is 0 Å². The second-order valence-electron chi connectivity index (χ2n) is 4.34. The molecule has 1 aliphatic carbocycles. The van der Waals surface area contributed by atoms with Crippen molar-refractivity contribution in [3.05, 3.63) is 28.7 Å². The highest BCUT2D eigenvalue weighted by Crippen LogP contribution is 2.26. The summed E-state index contributed by atoms with van der Waals surface area (Å²) in [5.74, 6) is 0.403. The molecule has 0 bridgehead atoms. The normalized spacial score (nSPS) is 17.5. The lowest BCUT2D eigenvalue weighted by Crippen LogP contribution is -2.12. The highest BCUT2D eigenvalue weighted by molar-refractivity contribution is 9.10. The van der Waals surface area contributed by atoms with Crippen LogP contribution in [0.2, 0.25) is 0 Å². The average molecular weight is 319 g/mol. The van der Waals surface area contributed by atoms with Crippen LogP contribution in [0.4, 0.5) is 0 Å². The van der Waals surface area contributed by atoms with Gasteiger partial charge in [0.2, 0.25) is 0 Å². The van der Waals surface area contributed by atoms with Crippen molar-refractivity contribution in [2.75, 3.05) is 6.61 Å². The maximum Gasteiger partial charge on any atom is 0.296 e. The molecule has 17 heavy (non-hydrogen) atoms. The molecule has 0 aromatic heterocycles. The molecule has 0 spiro atoms. The molecule has 5 heteroatoms. The Balaban J connectivity index is 2.00. The van der Waals surface area contributed by atoms with Crippen molar-refractivity contribution >= 4 is 26.0 Å². The number of rotatable bonds is 4. The molecular formula is C12H15BrO3S. The van der Waals surface area contributed by atoms with E-state index in [-0.39, 0.29) is 4.90 Å². The quantitative estimate of drug-likeness (QED) is 0.800. The first-order chi connectivity index (χ1) is 8.08. The summed E-state index contributed by atoms with van der Waals surface area (Å²) in [5, 5.41) is 0. The van der Waals surface area contributed by atoms with Crippen LogP contribution in [0, 0.1) is 5.92 Å². The van der Waals surface area contributed by atoms with Gasteiger partial charge in [-0.1, -0.05) is 28.8 Å². The minimum Gasteiger partial charge on any atom is -0.266 e. The number of hydrogen-bond donors (Lipinski definition) is 0. The Kier molecular flexibility index (Phi) is 4.22. The smallest absolute Gasteiger partial charge is 0.266 e. The lowest BCUT2D eigenvalue weighted by atomic mass is 10.1. The lowest BCUT2D eigenvalue weighted by molar-refractivity contribution is 0.257. The third-order valence-electron chi connectivity index (χ3n) is 3.04. The zero-order valence-electron chi connectivity index (χ0n) is 9.43. The summed E-state index contributed by atoms with van der Waals surface area (Å²) in [7, 11) is -3.59. The van der Waals surface area contributed by atoms with E-state index in [9.17, 15) is 8.42 Å². The van der Waals surface area contributed by atoms with Gasteiger partial charge in [-0.3, -0.25) is 4.18 Å². The van der Waals surface area contributed by atoms with Crippen LogP contribution in [0.5, 0.6) is 0 Å². The first kappa shape index (κ1) is 13.1. The summed E-state index contributed by atoms with van der Waals surface area (Å²) < 4.78 is 29.7. The second kappa shape index (κ2) is 5.50. The summed E-state index contributed by atoms with van der Waals surface area (Å²) in [6, 6.07) is 6.50. The van der Waals surface area contributed by atoms with E-state index in [0.717, 1.165) is 17.3 Å². The van der Waals surface area contributed by atoms with E-state index in [2.05, 4.69) is 15.9 Å². The predicted octanol–water partition coefficient (Wildman–Crippen LogP) is 3.34. The van der Waals surface area contributed by atoms with Crippen molar-refractivity contribution < 1.29 is 12.6 Å². The second-order valence-corrected chi connectivity index (χ2v) is 6.87. The maximum atomic E-state index is 11.9. The van der Waals surface area contributed by atoms with Gasteiger partial charge < -0.3 is 0 Å². The van der Waals surface area contributed by atoms with Gasteiger partial charge in [0.25, 0.3) is 10.1 Å². The van der Waals surface area contributed by atoms with E-state index in [4.69, 9.17) is 4.18 Å². The standard InChI is InChI=1S/C12H15BrO3S/c13-11-5-7-12(8-6-11)17(14,15)16-9-10-3-1-2-4-10/h5-8,10H,1-4,9H2. The summed E-state index contributed by atoms with van der Waals surface area (Å²) in [6.07, 6.45) is 4.53. The molecule has 0 aliphatic heterocycles. The Hall–Kier alpha value is -0.390. The van der Waals surface area contributed by atoms with Crippen LogP contribution in [0.25, 0.3) is 0 Å². The van der Waals surface area contributed by atoms with Gasteiger partial charge in [0, 0.05) is 4.47 Å².